The van der Waals surface area contributed by atoms with Gasteiger partial charge in [-0.3, -0.25) is 4.79 Å². The molecule has 0 saturated heterocycles. The summed E-state index contributed by atoms with van der Waals surface area (Å²) in [6, 6.07) is 18.0. The average Bonchev–Trinajstić information content (AvgIpc) is 2.86. The molecule has 5 heteroatoms. The molecule has 1 heterocycles. The predicted octanol–water partition coefficient (Wildman–Crippen LogP) is 3.98. The number of aryl methyl sites for hydroxylation is 1. The number of benzene rings is 2. The van der Waals surface area contributed by atoms with Gasteiger partial charge in [0.25, 0.3) is 0 Å². The van der Waals surface area contributed by atoms with Crippen molar-refractivity contribution in [3.63, 3.8) is 0 Å². The molecule has 126 valence electrons. The summed E-state index contributed by atoms with van der Waals surface area (Å²) in [7, 11) is 3.77. The molecule has 1 aliphatic rings. The number of allylic oxidation sites excluding steroid dienone is 1. The van der Waals surface area contributed by atoms with Gasteiger partial charge in [0.05, 0.1) is 17.1 Å². The Morgan fingerprint density at radius 3 is 2.28 bits per heavy atom. The van der Waals surface area contributed by atoms with Crippen molar-refractivity contribution in [2.75, 3.05) is 29.6 Å². The summed E-state index contributed by atoms with van der Waals surface area (Å²) in [5, 5.41) is 9.62. The molecule has 1 aliphatic heterocycles. The monoisotopic (exact) mass is 349 g/mol. The van der Waals surface area contributed by atoms with Crippen LogP contribution in [-0.4, -0.2) is 25.6 Å². The molecule has 0 N–H and O–H groups in total. The summed E-state index contributed by atoms with van der Waals surface area (Å²) < 4.78 is 0. The molecule has 25 heavy (non-hydrogen) atoms. The number of anilines is 2. The van der Waals surface area contributed by atoms with Crippen LogP contribution in [-0.2, 0) is 4.79 Å². The standard InChI is InChI=1S/C20H19N3OS/c1-14-7-6-8-15(11-14)25-13-19(24)16(12-21)20-22(2)17-9-4-5-10-18(17)23(20)3/h4-11H,13H2,1-3H3. The Labute approximate surface area is 152 Å². The van der Waals surface area contributed by atoms with E-state index in [4.69, 9.17) is 0 Å². The number of thioether (sulfide) groups is 1. The van der Waals surface area contributed by atoms with Gasteiger partial charge >= 0.3 is 0 Å². The van der Waals surface area contributed by atoms with E-state index in [2.05, 4.69) is 6.07 Å². The zero-order chi connectivity index (χ0) is 18.0. The molecule has 0 aliphatic carbocycles. The minimum atomic E-state index is -0.157. The fourth-order valence-electron chi connectivity index (χ4n) is 2.98. The molecule has 0 radical (unpaired) electrons. The van der Waals surface area contributed by atoms with Gasteiger partial charge < -0.3 is 9.80 Å². The lowest BCUT2D eigenvalue weighted by Gasteiger charge is -2.19. The third-order valence-corrected chi connectivity index (χ3v) is 5.21. The summed E-state index contributed by atoms with van der Waals surface area (Å²) in [5.74, 6) is 0.725. The maximum atomic E-state index is 12.7. The number of hydrogen-bond donors (Lipinski definition) is 0. The zero-order valence-electron chi connectivity index (χ0n) is 14.5. The van der Waals surface area contributed by atoms with Crippen molar-refractivity contribution in [3.05, 3.63) is 65.5 Å². The molecule has 2 aromatic rings. The molecule has 0 saturated carbocycles. The molecule has 2 aromatic carbocycles. The minimum Gasteiger partial charge on any atom is -0.328 e. The highest BCUT2D eigenvalue weighted by Crippen LogP contribution is 2.40. The van der Waals surface area contributed by atoms with Crippen molar-refractivity contribution in [3.8, 4) is 6.07 Å². The molecule has 0 fully saturated rings. The normalized spacial score (nSPS) is 12.8. The summed E-state index contributed by atoms with van der Waals surface area (Å²) in [5.41, 5.74) is 3.34. The van der Waals surface area contributed by atoms with Gasteiger partial charge in [0.1, 0.15) is 17.5 Å². The Morgan fingerprint density at radius 2 is 1.72 bits per heavy atom. The molecule has 0 unspecified atom stereocenters. The van der Waals surface area contributed by atoms with Gasteiger partial charge in [-0.25, -0.2) is 0 Å². The topological polar surface area (TPSA) is 47.3 Å². The number of nitrogens with zero attached hydrogens (tertiary/aromatic N) is 3. The number of rotatable bonds is 4. The number of carbonyl (C=O) groups is 1. The number of carbonyl (C=O) groups excluding carboxylic acids is 1. The van der Waals surface area contributed by atoms with E-state index in [1.54, 1.807) is 0 Å². The summed E-state index contributed by atoms with van der Waals surface area (Å²) in [4.78, 5) is 17.6. The first-order chi connectivity index (χ1) is 12.0. The van der Waals surface area contributed by atoms with Gasteiger partial charge in [-0.05, 0) is 31.2 Å². The Kier molecular flexibility index (Phi) is 4.82. The second kappa shape index (κ2) is 7.04. The second-order valence-electron chi connectivity index (χ2n) is 5.95. The molecule has 4 nitrogen and oxygen atoms in total. The fourth-order valence-corrected chi connectivity index (χ4v) is 3.87. The second-order valence-corrected chi connectivity index (χ2v) is 6.99. The van der Waals surface area contributed by atoms with Gasteiger partial charge in [-0.2, -0.15) is 5.26 Å². The first-order valence-corrected chi connectivity index (χ1v) is 8.95. The van der Waals surface area contributed by atoms with Gasteiger partial charge in [-0.1, -0.05) is 29.8 Å². The molecular weight excluding hydrogens is 330 g/mol. The lowest BCUT2D eigenvalue weighted by atomic mass is 10.2. The number of para-hydroxylation sites is 2. The smallest absolute Gasteiger partial charge is 0.187 e. The molecule has 0 spiro atoms. The Bertz CT molecular complexity index is 867. The van der Waals surface area contributed by atoms with Crippen LogP contribution in [0.4, 0.5) is 11.4 Å². The van der Waals surface area contributed by atoms with E-state index in [1.807, 2.05) is 79.3 Å². The van der Waals surface area contributed by atoms with Crippen LogP contribution in [0.1, 0.15) is 5.56 Å². The number of hydrogen-bond acceptors (Lipinski definition) is 5. The lowest BCUT2D eigenvalue weighted by molar-refractivity contribution is -0.112. The molecular formula is C20H19N3OS. The van der Waals surface area contributed by atoms with Crippen molar-refractivity contribution < 1.29 is 4.79 Å². The van der Waals surface area contributed by atoms with Crippen molar-refractivity contribution in [2.45, 2.75) is 11.8 Å². The highest BCUT2D eigenvalue weighted by atomic mass is 32.2. The zero-order valence-corrected chi connectivity index (χ0v) is 15.3. The van der Waals surface area contributed by atoms with Crippen LogP contribution in [0.3, 0.4) is 0 Å². The van der Waals surface area contributed by atoms with Crippen molar-refractivity contribution in [1.82, 2.24) is 0 Å². The largest absolute Gasteiger partial charge is 0.328 e. The quantitative estimate of drug-likeness (QED) is 0.475. The first-order valence-electron chi connectivity index (χ1n) is 7.96. The molecule has 3 rings (SSSR count). The van der Waals surface area contributed by atoms with Crippen molar-refractivity contribution >= 4 is 28.9 Å². The highest BCUT2D eigenvalue weighted by molar-refractivity contribution is 8.00. The average molecular weight is 349 g/mol. The maximum Gasteiger partial charge on any atom is 0.187 e. The van der Waals surface area contributed by atoms with Crippen LogP contribution < -0.4 is 9.80 Å². The van der Waals surface area contributed by atoms with Gasteiger partial charge in [0.15, 0.2) is 5.78 Å². The molecule has 0 amide bonds. The van der Waals surface area contributed by atoms with Crippen molar-refractivity contribution in [1.29, 1.82) is 5.26 Å². The Hall–Kier alpha value is -2.71. The summed E-state index contributed by atoms with van der Waals surface area (Å²) in [6.07, 6.45) is 0. The lowest BCUT2D eigenvalue weighted by Crippen LogP contribution is -2.26. The van der Waals surface area contributed by atoms with E-state index < -0.39 is 0 Å². The van der Waals surface area contributed by atoms with E-state index in [0.29, 0.717) is 5.82 Å². The molecule has 0 atom stereocenters. The van der Waals surface area contributed by atoms with E-state index in [-0.39, 0.29) is 17.1 Å². The number of Topliss-reactive ketones (excluding diaryl/α,β-unsaturated/α-hetero) is 1. The highest BCUT2D eigenvalue weighted by Gasteiger charge is 2.31. The number of nitriles is 1. The SMILES string of the molecule is Cc1cccc(SCC(=O)C(C#N)=C2N(C)c3ccccc3N2C)c1. The maximum absolute atomic E-state index is 12.7. The van der Waals surface area contributed by atoms with E-state index in [9.17, 15) is 10.1 Å². The Balaban J connectivity index is 1.86. The predicted molar refractivity (Wildman–Crippen MR) is 103 cm³/mol. The van der Waals surface area contributed by atoms with Crippen LogP contribution >= 0.6 is 11.8 Å². The van der Waals surface area contributed by atoms with Crippen LogP contribution in [0.15, 0.2) is 64.8 Å². The van der Waals surface area contributed by atoms with Gasteiger partial charge in [0, 0.05) is 19.0 Å². The first kappa shape index (κ1) is 17.1. The van der Waals surface area contributed by atoms with E-state index >= 15 is 0 Å². The van der Waals surface area contributed by atoms with Crippen LogP contribution in [0.2, 0.25) is 0 Å². The van der Waals surface area contributed by atoms with E-state index in [1.165, 1.54) is 11.8 Å². The third kappa shape index (κ3) is 3.26. The number of fused-ring (bicyclic) bond motifs is 1. The summed E-state index contributed by atoms with van der Waals surface area (Å²) in [6.45, 7) is 2.02. The summed E-state index contributed by atoms with van der Waals surface area (Å²) >= 11 is 1.46. The Morgan fingerprint density at radius 1 is 1.08 bits per heavy atom. The van der Waals surface area contributed by atoms with E-state index in [0.717, 1.165) is 21.8 Å². The van der Waals surface area contributed by atoms with Crippen LogP contribution in [0, 0.1) is 18.3 Å². The van der Waals surface area contributed by atoms with Crippen LogP contribution in [0.25, 0.3) is 0 Å². The molecule has 0 aromatic heterocycles. The molecule has 0 bridgehead atoms. The number of ketones is 1. The van der Waals surface area contributed by atoms with Gasteiger partial charge in [-0.15, -0.1) is 11.8 Å². The van der Waals surface area contributed by atoms with Crippen molar-refractivity contribution in [2.24, 2.45) is 0 Å². The fraction of sp³-hybridized carbons (Fsp3) is 0.200. The third-order valence-electron chi connectivity index (χ3n) is 4.21. The van der Waals surface area contributed by atoms with Crippen LogP contribution in [0.5, 0.6) is 0 Å². The minimum absolute atomic E-state index is 0.157. The van der Waals surface area contributed by atoms with Gasteiger partial charge in [0.2, 0.25) is 0 Å².